The number of rotatable bonds is 5. The van der Waals surface area contributed by atoms with Crippen LogP contribution in [0.5, 0.6) is 5.75 Å². The molecule has 3 aromatic rings. The second kappa shape index (κ2) is 6.61. The van der Waals surface area contributed by atoms with E-state index in [1.165, 1.54) is 7.11 Å². The molecule has 6 heteroatoms. The van der Waals surface area contributed by atoms with Crippen LogP contribution in [0.25, 0.3) is 10.9 Å². The van der Waals surface area contributed by atoms with Gasteiger partial charge in [-0.2, -0.15) is 0 Å². The van der Waals surface area contributed by atoms with Gasteiger partial charge in [-0.3, -0.25) is 9.59 Å². The van der Waals surface area contributed by atoms with E-state index in [1.807, 2.05) is 0 Å². The van der Waals surface area contributed by atoms with Crippen LogP contribution in [-0.2, 0) is 11.2 Å². The number of carboxylic acid groups (broad SMARTS) is 1. The molecule has 2 aromatic carbocycles. The highest BCUT2D eigenvalue weighted by atomic mass is 35.5. The van der Waals surface area contributed by atoms with Gasteiger partial charge in [0.25, 0.3) is 0 Å². The number of aliphatic carboxylic acids is 1. The fourth-order valence-corrected chi connectivity index (χ4v) is 3.01. The SMILES string of the molecule is COc1cc(C(=O)c2ccc(Cl)cc2)c2[nH]c(C)c(CC(=O)O)c2c1. The summed E-state index contributed by atoms with van der Waals surface area (Å²) in [7, 11) is 1.51. The quantitative estimate of drug-likeness (QED) is 0.676. The molecule has 0 fully saturated rings. The Balaban J connectivity index is 2.21. The van der Waals surface area contributed by atoms with Crippen molar-refractivity contribution in [3.8, 4) is 5.75 Å². The number of hydrogen-bond acceptors (Lipinski definition) is 3. The van der Waals surface area contributed by atoms with E-state index in [0.717, 1.165) is 5.69 Å². The first kappa shape index (κ1) is 17.0. The van der Waals surface area contributed by atoms with Gasteiger partial charge in [0.1, 0.15) is 5.75 Å². The Hall–Kier alpha value is -2.79. The lowest BCUT2D eigenvalue weighted by Gasteiger charge is -2.07. The first-order valence-corrected chi connectivity index (χ1v) is 7.99. The third-order valence-electron chi connectivity index (χ3n) is 4.12. The zero-order valence-corrected chi connectivity index (χ0v) is 14.5. The molecule has 1 heterocycles. The molecule has 25 heavy (non-hydrogen) atoms. The normalized spacial score (nSPS) is 10.8. The largest absolute Gasteiger partial charge is 0.497 e. The molecule has 1 aromatic heterocycles. The highest BCUT2D eigenvalue weighted by Crippen LogP contribution is 2.31. The van der Waals surface area contributed by atoms with Crippen LogP contribution in [0.1, 0.15) is 27.2 Å². The van der Waals surface area contributed by atoms with Crippen LogP contribution in [-0.4, -0.2) is 29.0 Å². The summed E-state index contributed by atoms with van der Waals surface area (Å²) in [5, 5.41) is 10.4. The van der Waals surface area contributed by atoms with E-state index in [1.54, 1.807) is 43.3 Å². The lowest BCUT2D eigenvalue weighted by Crippen LogP contribution is -2.03. The summed E-state index contributed by atoms with van der Waals surface area (Å²) in [5.41, 5.74) is 2.89. The number of ketones is 1. The number of halogens is 1. The van der Waals surface area contributed by atoms with Crippen LogP contribution in [0.15, 0.2) is 36.4 Å². The summed E-state index contributed by atoms with van der Waals surface area (Å²) in [5.74, 6) is -0.628. The standard InChI is InChI=1S/C19H16ClNO4/c1-10-14(9-17(22)23)15-7-13(25-2)8-16(18(15)21-10)19(24)11-3-5-12(20)6-4-11/h3-8,21H,9H2,1-2H3,(H,22,23). The minimum Gasteiger partial charge on any atom is -0.497 e. The number of aromatic nitrogens is 1. The van der Waals surface area contributed by atoms with Gasteiger partial charge in [-0.05, 0) is 48.9 Å². The minimum atomic E-state index is -0.933. The molecule has 2 N–H and O–H groups in total. The van der Waals surface area contributed by atoms with Crippen LogP contribution >= 0.6 is 11.6 Å². The first-order chi connectivity index (χ1) is 11.9. The number of aromatic amines is 1. The monoisotopic (exact) mass is 357 g/mol. The maximum absolute atomic E-state index is 12.9. The van der Waals surface area contributed by atoms with E-state index in [4.69, 9.17) is 21.4 Å². The second-order valence-corrected chi connectivity index (χ2v) is 6.17. The van der Waals surface area contributed by atoms with Crippen molar-refractivity contribution in [2.45, 2.75) is 13.3 Å². The van der Waals surface area contributed by atoms with Gasteiger partial charge in [-0.1, -0.05) is 11.6 Å². The fraction of sp³-hybridized carbons (Fsp3) is 0.158. The van der Waals surface area contributed by atoms with Crippen LogP contribution in [0.2, 0.25) is 5.02 Å². The number of hydrogen-bond donors (Lipinski definition) is 2. The molecule has 0 radical (unpaired) electrons. The highest BCUT2D eigenvalue weighted by Gasteiger charge is 2.20. The van der Waals surface area contributed by atoms with E-state index in [2.05, 4.69) is 4.98 Å². The van der Waals surface area contributed by atoms with Gasteiger partial charge >= 0.3 is 5.97 Å². The molecule has 0 aliphatic heterocycles. The molecule has 0 amide bonds. The molecule has 0 aliphatic carbocycles. The molecule has 0 saturated heterocycles. The van der Waals surface area contributed by atoms with Gasteiger partial charge in [0.05, 0.1) is 24.6 Å². The number of carbonyl (C=O) groups is 2. The Bertz CT molecular complexity index is 973. The number of nitrogens with one attached hydrogen (secondary N) is 1. The van der Waals surface area contributed by atoms with Crippen molar-refractivity contribution in [3.63, 3.8) is 0 Å². The molecule has 0 spiro atoms. The molecule has 0 saturated carbocycles. The number of benzene rings is 2. The summed E-state index contributed by atoms with van der Waals surface area (Å²) in [6.45, 7) is 1.79. The average molecular weight is 358 g/mol. The summed E-state index contributed by atoms with van der Waals surface area (Å²) >= 11 is 5.88. The van der Waals surface area contributed by atoms with Gasteiger partial charge in [0, 0.05) is 21.7 Å². The molecule has 0 unspecified atom stereocenters. The number of carbonyl (C=O) groups excluding carboxylic acids is 1. The molecular formula is C19H16ClNO4. The van der Waals surface area contributed by atoms with Gasteiger partial charge in [0.2, 0.25) is 0 Å². The van der Waals surface area contributed by atoms with Crippen molar-refractivity contribution in [1.29, 1.82) is 0 Å². The Labute approximate surface area is 149 Å². The summed E-state index contributed by atoms with van der Waals surface area (Å²) in [6, 6.07) is 10.0. The van der Waals surface area contributed by atoms with Crippen LogP contribution < -0.4 is 4.74 Å². The molecule has 5 nitrogen and oxygen atoms in total. The fourth-order valence-electron chi connectivity index (χ4n) is 2.89. The predicted molar refractivity (Wildman–Crippen MR) is 95.8 cm³/mol. The number of methoxy groups -OCH3 is 1. The van der Waals surface area contributed by atoms with Crippen molar-refractivity contribution in [3.05, 3.63) is 63.8 Å². The van der Waals surface area contributed by atoms with E-state index in [-0.39, 0.29) is 12.2 Å². The number of fused-ring (bicyclic) bond motifs is 1. The summed E-state index contributed by atoms with van der Waals surface area (Å²) < 4.78 is 5.30. The molecule has 0 aliphatic rings. The summed E-state index contributed by atoms with van der Waals surface area (Å²) in [6.07, 6.45) is -0.131. The van der Waals surface area contributed by atoms with E-state index in [9.17, 15) is 9.59 Å². The maximum atomic E-state index is 12.9. The third kappa shape index (κ3) is 3.23. The Morgan fingerprint density at radius 3 is 2.48 bits per heavy atom. The highest BCUT2D eigenvalue weighted by molar-refractivity contribution is 6.30. The second-order valence-electron chi connectivity index (χ2n) is 5.73. The molecule has 128 valence electrons. The minimum absolute atomic E-state index is 0.131. The van der Waals surface area contributed by atoms with E-state index < -0.39 is 5.97 Å². The average Bonchev–Trinajstić information content (AvgIpc) is 2.89. The van der Waals surface area contributed by atoms with Crippen molar-refractivity contribution < 1.29 is 19.4 Å². The van der Waals surface area contributed by atoms with E-state index >= 15 is 0 Å². The predicted octanol–water partition coefficient (Wildman–Crippen LogP) is 4.00. The molecule has 3 rings (SSSR count). The molecule has 0 bridgehead atoms. The first-order valence-electron chi connectivity index (χ1n) is 7.62. The third-order valence-corrected chi connectivity index (χ3v) is 4.37. The topological polar surface area (TPSA) is 79.4 Å². The van der Waals surface area contributed by atoms with Crippen molar-refractivity contribution in [1.82, 2.24) is 4.98 Å². The lowest BCUT2D eigenvalue weighted by atomic mass is 9.99. The zero-order valence-electron chi connectivity index (χ0n) is 13.7. The van der Waals surface area contributed by atoms with Crippen LogP contribution in [0.4, 0.5) is 0 Å². The van der Waals surface area contributed by atoms with Crippen molar-refractivity contribution in [2.24, 2.45) is 0 Å². The van der Waals surface area contributed by atoms with Crippen LogP contribution in [0.3, 0.4) is 0 Å². The number of aryl methyl sites for hydroxylation is 1. The Kier molecular flexibility index (Phi) is 4.51. The van der Waals surface area contributed by atoms with Crippen LogP contribution in [0, 0.1) is 6.92 Å². The van der Waals surface area contributed by atoms with E-state index in [0.29, 0.717) is 38.4 Å². The number of carboxylic acids is 1. The Morgan fingerprint density at radius 2 is 1.88 bits per heavy atom. The molecule has 0 atom stereocenters. The van der Waals surface area contributed by atoms with Gasteiger partial charge in [0.15, 0.2) is 5.78 Å². The smallest absolute Gasteiger partial charge is 0.307 e. The zero-order chi connectivity index (χ0) is 18.1. The Morgan fingerprint density at radius 1 is 1.20 bits per heavy atom. The van der Waals surface area contributed by atoms with Crippen molar-refractivity contribution in [2.75, 3.05) is 7.11 Å². The van der Waals surface area contributed by atoms with Gasteiger partial charge < -0.3 is 14.8 Å². The van der Waals surface area contributed by atoms with Gasteiger partial charge in [-0.25, -0.2) is 0 Å². The number of H-pyrrole nitrogens is 1. The maximum Gasteiger partial charge on any atom is 0.307 e. The lowest BCUT2D eigenvalue weighted by molar-refractivity contribution is -0.136. The van der Waals surface area contributed by atoms with Crippen molar-refractivity contribution >= 4 is 34.3 Å². The van der Waals surface area contributed by atoms with Gasteiger partial charge in [-0.15, -0.1) is 0 Å². The molecular weight excluding hydrogens is 342 g/mol. The number of ether oxygens (including phenoxy) is 1. The summed E-state index contributed by atoms with van der Waals surface area (Å²) in [4.78, 5) is 27.3.